The molecule has 2 heterocycles. The van der Waals surface area contributed by atoms with Gasteiger partial charge in [0.05, 0.1) is 11.1 Å². The van der Waals surface area contributed by atoms with Crippen LogP contribution in [0, 0.1) is 5.82 Å². The number of ether oxygens (including phenoxy) is 1. The molecule has 2 aromatic carbocycles. The Hall–Kier alpha value is -3.39. The largest absolute Gasteiger partial charge is 0.493 e. The van der Waals surface area contributed by atoms with Gasteiger partial charge in [0.1, 0.15) is 17.3 Å². The molecule has 4 aromatic rings. The standard InChI is InChI=1S/C22H18FN3O3S/c1-2-11-29-18-6-4-3-5-15(18)13-19-21(28)26-22(30-19)24-20(27)17(25-26)12-14-7-9-16(23)10-8-14/h3-10,13H,2,11-12H2,1H3. The van der Waals surface area contributed by atoms with E-state index in [0.29, 0.717) is 22.5 Å². The van der Waals surface area contributed by atoms with E-state index in [1.807, 2.05) is 31.2 Å². The van der Waals surface area contributed by atoms with Crippen molar-refractivity contribution in [2.75, 3.05) is 6.61 Å². The van der Waals surface area contributed by atoms with Crippen molar-refractivity contribution in [3.05, 3.63) is 96.4 Å². The van der Waals surface area contributed by atoms with E-state index < -0.39 is 5.56 Å². The normalized spacial score (nSPS) is 11.9. The van der Waals surface area contributed by atoms with Crippen molar-refractivity contribution in [1.82, 2.24) is 14.6 Å². The lowest BCUT2D eigenvalue weighted by molar-refractivity contribution is 0.317. The molecule has 0 bridgehead atoms. The maximum absolute atomic E-state index is 13.1. The van der Waals surface area contributed by atoms with Crippen molar-refractivity contribution < 1.29 is 9.13 Å². The fourth-order valence-electron chi connectivity index (χ4n) is 2.93. The maximum atomic E-state index is 13.1. The molecule has 4 rings (SSSR count). The molecule has 2 aromatic heterocycles. The van der Waals surface area contributed by atoms with Crippen molar-refractivity contribution in [1.29, 1.82) is 0 Å². The Morgan fingerprint density at radius 2 is 1.90 bits per heavy atom. The maximum Gasteiger partial charge on any atom is 0.296 e. The van der Waals surface area contributed by atoms with Crippen LogP contribution in [0.1, 0.15) is 30.2 Å². The molecule has 8 heteroatoms. The minimum absolute atomic E-state index is 0.132. The van der Waals surface area contributed by atoms with Gasteiger partial charge in [-0.15, -0.1) is 0 Å². The van der Waals surface area contributed by atoms with E-state index in [2.05, 4.69) is 10.1 Å². The van der Waals surface area contributed by atoms with E-state index >= 15 is 0 Å². The smallest absolute Gasteiger partial charge is 0.296 e. The molecule has 0 fully saturated rings. The van der Waals surface area contributed by atoms with E-state index in [1.165, 1.54) is 12.1 Å². The molecule has 0 N–H and O–H groups in total. The zero-order valence-electron chi connectivity index (χ0n) is 16.2. The van der Waals surface area contributed by atoms with Gasteiger partial charge in [0, 0.05) is 12.0 Å². The highest BCUT2D eigenvalue weighted by atomic mass is 32.1. The Morgan fingerprint density at radius 1 is 1.13 bits per heavy atom. The van der Waals surface area contributed by atoms with Crippen LogP contribution in [-0.2, 0) is 6.42 Å². The highest BCUT2D eigenvalue weighted by molar-refractivity contribution is 7.15. The summed E-state index contributed by atoms with van der Waals surface area (Å²) in [6, 6.07) is 13.2. The average Bonchev–Trinajstić information content (AvgIpc) is 3.04. The summed E-state index contributed by atoms with van der Waals surface area (Å²) >= 11 is 1.10. The molecule has 0 aliphatic rings. The Morgan fingerprint density at radius 3 is 2.67 bits per heavy atom. The zero-order chi connectivity index (χ0) is 21.1. The van der Waals surface area contributed by atoms with Crippen molar-refractivity contribution in [3.8, 4) is 5.75 Å². The molecule has 0 radical (unpaired) electrons. The number of hydrogen-bond acceptors (Lipinski definition) is 6. The number of para-hydroxylation sites is 1. The molecule has 0 saturated heterocycles. The molecule has 0 unspecified atom stereocenters. The van der Waals surface area contributed by atoms with Crippen molar-refractivity contribution in [2.24, 2.45) is 0 Å². The van der Waals surface area contributed by atoms with Gasteiger partial charge in [0.2, 0.25) is 4.96 Å². The first kappa shape index (κ1) is 19.9. The summed E-state index contributed by atoms with van der Waals surface area (Å²) < 4.78 is 20.4. The minimum atomic E-state index is -0.501. The van der Waals surface area contributed by atoms with E-state index in [1.54, 1.807) is 18.2 Å². The fourth-order valence-corrected chi connectivity index (χ4v) is 3.83. The fraction of sp³-hybridized carbons (Fsp3) is 0.182. The third-order valence-electron chi connectivity index (χ3n) is 4.40. The van der Waals surface area contributed by atoms with Gasteiger partial charge in [0.15, 0.2) is 0 Å². The van der Waals surface area contributed by atoms with Crippen LogP contribution in [-0.4, -0.2) is 21.2 Å². The van der Waals surface area contributed by atoms with Gasteiger partial charge in [-0.1, -0.05) is 48.6 Å². The Kier molecular flexibility index (Phi) is 5.67. The highest BCUT2D eigenvalue weighted by Gasteiger charge is 2.12. The first-order chi connectivity index (χ1) is 14.5. The second-order valence-electron chi connectivity index (χ2n) is 6.66. The summed E-state index contributed by atoms with van der Waals surface area (Å²) in [6.45, 7) is 2.59. The lowest BCUT2D eigenvalue weighted by Gasteiger charge is -2.07. The first-order valence-corrected chi connectivity index (χ1v) is 10.3. The Bertz CT molecular complexity index is 1360. The predicted molar refractivity (Wildman–Crippen MR) is 114 cm³/mol. The van der Waals surface area contributed by atoms with E-state index in [0.717, 1.165) is 27.8 Å². The summed E-state index contributed by atoms with van der Waals surface area (Å²) in [4.78, 5) is 29.5. The third kappa shape index (κ3) is 4.13. The van der Waals surface area contributed by atoms with Crippen LogP contribution >= 0.6 is 11.3 Å². The van der Waals surface area contributed by atoms with Crippen LogP contribution in [0.4, 0.5) is 4.39 Å². The monoisotopic (exact) mass is 423 g/mol. The molecule has 0 atom stereocenters. The van der Waals surface area contributed by atoms with E-state index in [9.17, 15) is 14.0 Å². The van der Waals surface area contributed by atoms with Gasteiger partial charge in [-0.25, -0.2) is 4.39 Å². The summed E-state index contributed by atoms with van der Waals surface area (Å²) in [5.74, 6) is 0.323. The first-order valence-electron chi connectivity index (χ1n) is 9.46. The number of aromatic nitrogens is 3. The molecule has 6 nitrogen and oxygen atoms in total. The summed E-state index contributed by atoms with van der Waals surface area (Å²) in [6.07, 6.45) is 2.76. The molecule has 0 spiro atoms. The zero-order valence-corrected chi connectivity index (χ0v) is 17.0. The number of halogens is 1. The molecular weight excluding hydrogens is 405 g/mol. The van der Waals surface area contributed by atoms with Crippen LogP contribution in [0.3, 0.4) is 0 Å². The summed E-state index contributed by atoms with van der Waals surface area (Å²) in [7, 11) is 0. The number of fused-ring (bicyclic) bond motifs is 1. The van der Waals surface area contributed by atoms with Gasteiger partial charge >= 0.3 is 0 Å². The second kappa shape index (κ2) is 8.54. The quantitative estimate of drug-likeness (QED) is 0.477. The van der Waals surface area contributed by atoms with Crippen LogP contribution in [0.15, 0.2) is 58.1 Å². The SMILES string of the molecule is CCCOc1ccccc1C=c1sc2nc(=O)c(Cc3ccc(F)cc3)nn2c1=O. The van der Waals surface area contributed by atoms with Crippen LogP contribution < -0.4 is 20.4 Å². The highest BCUT2D eigenvalue weighted by Crippen LogP contribution is 2.19. The molecule has 152 valence electrons. The average molecular weight is 423 g/mol. The third-order valence-corrected chi connectivity index (χ3v) is 5.36. The van der Waals surface area contributed by atoms with Crippen molar-refractivity contribution >= 4 is 22.4 Å². The van der Waals surface area contributed by atoms with Crippen LogP contribution in [0.2, 0.25) is 0 Å². The molecule has 0 aliphatic heterocycles. The predicted octanol–water partition coefficient (Wildman–Crippen LogP) is 2.58. The van der Waals surface area contributed by atoms with Gasteiger partial charge in [-0.2, -0.15) is 14.6 Å². The van der Waals surface area contributed by atoms with Crippen molar-refractivity contribution in [2.45, 2.75) is 19.8 Å². The number of nitrogens with zero attached hydrogens (tertiary/aromatic N) is 3. The van der Waals surface area contributed by atoms with Crippen LogP contribution in [0.5, 0.6) is 5.75 Å². The topological polar surface area (TPSA) is 73.6 Å². The van der Waals surface area contributed by atoms with E-state index in [-0.39, 0.29) is 28.5 Å². The van der Waals surface area contributed by atoms with E-state index in [4.69, 9.17) is 4.74 Å². The van der Waals surface area contributed by atoms with Gasteiger partial charge in [-0.3, -0.25) is 9.59 Å². The minimum Gasteiger partial charge on any atom is -0.493 e. The van der Waals surface area contributed by atoms with Gasteiger partial charge in [-0.05, 0) is 36.3 Å². The Balaban J connectivity index is 1.76. The number of rotatable bonds is 6. The Labute approximate surface area is 174 Å². The summed E-state index contributed by atoms with van der Waals surface area (Å²) in [5.41, 5.74) is 0.752. The molecule has 0 amide bonds. The summed E-state index contributed by atoms with van der Waals surface area (Å²) in [5, 5.41) is 4.22. The van der Waals surface area contributed by atoms with Gasteiger partial charge in [0.25, 0.3) is 11.1 Å². The lowest BCUT2D eigenvalue weighted by Crippen LogP contribution is -2.28. The molecular formula is C22H18FN3O3S. The number of thiazole rings is 1. The van der Waals surface area contributed by atoms with Crippen LogP contribution in [0.25, 0.3) is 11.0 Å². The number of hydrogen-bond donors (Lipinski definition) is 0. The lowest BCUT2D eigenvalue weighted by atomic mass is 10.1. The number of benzene rings is 2. The molecule has 0 aliphatic carbocycles. The van der Waals surface area contributed by atoms with Crippen molar-refractivity contribution in [3.63, 3.8) is 0 Å². The van der Waals surface area contributed by atoms with Gasteiger partial charge < -0.3 is 4.74 Å². The molecule has 30 heavy (non-hydrogen) atoms. The second-order valence-corrected chi connectivity index (χ2v) is 7.67. The molecule has 0 saturated carbocycles.